The topological polar surface area (TPSA) is 86.7 Å². The largest absolute Gasteiger partial charge is 0.478 e. The van der Waals surface area contributed by atoms with Gasteiger partial charge in [-0.1, -0.05) is 13.8 Å². The molecule has 0 aromatic carbocycles. The molecule has 1 unspecified atom stereocenters. The second kappa shape index (κ2) is 6.26. The van der Waals surface area contributed by atoms with Crippen LogP contribution in [0.3, 0.4) is 0 Å². The van der Waals surface area contributed by atoms with Crippen LogP contribution in [0.1, 0.15) is 30.6 Å². The van der Waals surface area contributed by atoms with Gasteiger partial charge in [0.1, 0.15) is 5.00 Å². The van der Waals surface area contributed by atoms with Gasteiger partial charge in [0, 0.05) is 19.5 Å². The van der Waals surface area contributed by atoms with Gasteiger partial charge in [-0.05, 0) is 17.4 Å². The van der Waals surface area contributed by atoms with Crippen molar-refractivity contribution in [2.45, 2.75) is 20.3 Å². The SMILES string of the molecule is CC(C)CN1CC(C(=O)Nc2sccc2C(=O)O)CC1=O. The molecule has 2 N–H and O–H groups in total. The van der Waals surface area contributed by atoms with Gasteiger partial charge in [0.25, 0.3) is 0 Å². The van der Waals surface area contributed by atoms with Gasteiger partial charge >= 0.3 is 5.97 Å². The van der Waals surface area contributed by atoms with Gasteiger partial charge in [-0.2, -0.15) is 0 Å². The summed E-state index contributed by atoms with van der Waals surface area (Å²) in [6, 6.07) is 1.45. The van der Waals surface area contributed by atoms with Crippen molar-refractivity contribution in [1.29, 1.82) is 0 Å². The number of hydrogen-bond acceptors (Lipinski definition) is 4. The average molecular weight is 310 g/mol. The van der Waals surface area contributed by atoms with Gasteiger partial charge in [0.05, 0.1) is 11.5 Å². The van der Waals surface area contributed by atoms with E-state index in [9.17, 15) is 14.4 Å². The van der Waals surface area contributed by atoms with Gasteiger partial charge in [-0.15, -0.1) is 11.3 Å². The zero-order valence-corrected chi connectivity index (χ0v) is 12.8. The number of thiophene rings is 1. The fourth-order valence-electron chi connectivity index (χ4n) is 2.35. The third-order valence-corrected chi connectivity index (χ3v) is 4.13. The highest BCUT2D eigenvalue weighted by Crippen LogP contribution is 2.26. The third kappa shape index (κ3) is 3.60. The first-order valence-corrected chi connectivity index (χ1v) is 7.66. The highest BCUT2D eigenvalue weighted by molar-refractivity contribution is 7.14. The molecule has 1 aromatic heterocycles. The van der Waals surface area contributed by atoms with Crippen LogP contribution in [0.4, 0.5) is 5.00 Å². The highest BCUT2D eigenvalue weighted by Gasteiger charge is 2.34. The van der Waals surface area contributed by atoms with Gasteiger partial charge < -0.3 is 15.3 Å². The van der Waals surface area contributed by atoms with Crippen molar-refractivity contribution in [1.82, 2.24) is 4.90 Å². The Bertz CT molecular complexity index is 567. The molecule has 7 heteroatoms. The molecular weight excluding hydrogens is 292 g/mol. The number of nitrogens with zero attached hydrogens (tertiary/aromatic N) is 1. The summed E-state index contributed by atoms with van der Waals surface area (Å²) in [5, 5.41) is 13.6. The number of likely N-dealkylation sites (tertiary alicyclic amines) is 1. The molecule has 1 saturated heterocycles. The van der Waals surface area contributed by atoms with Crippen molar-refractivity contribution in [3.05, 3.63) is 17.0 Å². The number of carbonyl (C=O) groups is 3. The van der Waals surface area contributed by atoms with Crippen molar-refractivity contribution in [2.24, 2.45) is 11.8 Å². The van der Waals surface area contributed by atoms with Crippen molar-refractivity contribution in [3.8, 4) is 0 Å². The van der Waals surface area contributed by atoms with Crippen molar-refractivity contribution < 1.29 is 19.5 Å². The summed E-state index contributed by atoms with van der Waals surface area (Å²) in [6.07, 6.45) is 0.187. The Morgan fingerprint density at radius 1 is 1.52 bits per heavy atom. The predicted molar refractivity (Wildman–Crippen MR) is 79.4 cm³/mol. The molecule has 0 saturated carbocycles. The molecule has 0 aliphatic carbocycles. The van der Waals surface area contributed by atoms with E-state index in [-0.39, 0.29) is 23.8 Å². The normalized spacial score (nSPS) is 18.3. The lowest BCUT2D eigenvalue weighted by Gasteiger charge is -2.18. The van der Waals surface area contributed by atoms with Crippen LogP contribution in [0.2, 0.25) is 0 Å². The molecular formula is C14H18N2O4S. The fraction of sp³-hybridized carbons (Fsp3) is 0.500. The lowest BCUT2D eigenvalue weighted by molar-refractivity contribution is -0.128. The molecule has 1 fully saturated rings. The van der Waals surface area contributed by atoms with Gasteiger partial charge in [0.2, 0.25) is 11.8 Å². The Morgan fingerprint density at radius 2 is 2.24 bits per heavy atom. The lowest BCUT2D eigenvalue weighted by atomic mass is 10.1. The zero-order chi connectivity index (χ0) is 15.6. The van der Waals surface area contributed by atoms with E-state index < -0.39 is 11.9 Å². The van der Waals surface area contributed by atoms with Crippen LogP contribution >= 0.6 is 11.3 Å². The van der Waals surface area contributed by atoms with Crippen LogP contribution in [0.5, 0.6) is 0 Å². The maximum Gasteiger partial charge on any atom is 0.338 e. The number of carboxylic acid groups (broad SMARTS) is 1. The minimum absolute atomic E-state index is 0.0199. The standard InChI is InChI=1S/C14H18N2O4S/c1-8(2)6-16-7-9(5-11(16)17)12(18)15-13-10(14(19)20)3-4-21-13/h3-4,8-9H,5-7H2,1-2H3,(H,15,18)(H,19,20). The predicted octanol–water partition coefficient (Wildman–Crippen LogP) is 1.89. The minimum atomic E-state index is -1.07. The van der Waals surface area contributed by atoms with Crippen LogP contribution in [-0.2, 0) is 9.59 Å². The summed E-state index contributed by atoms with van der Waals surface area (Å²) >= 11 is 1.17. The summed E-state index contributed by atoms with van der Waals surface area (Å²) in [5.41, 5.74) is 0.0803. The maximum absolute atomic E-state index is 12.2. The summed E-state index contributed by atoms with van der Waals surface area (Å²) in [7, 11) is 0. The lowest BCUT2D eigenvalue weighted by Crippen LogP contribution is -2.31. The van der Waals surface area contributed by atoms with E-state index in [1.165, 1.54) is 17.4 Å². The minimum Gasteiger partial charge on any atom is -0.478 e. The van der Waals surface area contributed by atoms with Crippen LogP contribution < -0.4 is 5.32 Å². The van der Waals surface area contributed by atoms with E-state index in [0.717, 1.165) is 0 Å². The Labute approximate surface area is 126 Å². The van der Waals surface area contributed by atoms with Crippen LogP contribution in [0, 0.1) is 11.8 Å². The van der Waals surface area contributed by atoms with Crippen LogP contribution in [0.15, 0.2) is 11.4 Å². The second-order valence-corrected chi connectivity index (χ2v) is 6.47. The van der Waals surface area contributed by atoms with Crippen LogP contribution in [-0.4, -0.2) is 40.9 Å². The van der Waals surface area contributed by atoms with Crippen LogP contribution in [0.25, 0.3) is 0 Å². The average Bonchev–Trinajstić information content (AvgIpc) is 2.96. The number of amides is 2. The molecule has 0 radical (unpaired) electrons. The van der Waals surface area contributed by atoms with Crippen molar-refractivity contribution in [2.75, 3.05) is 18.4 Å². The van der Waals surface area contributed by atoms with E-state index in [1.54, 1.807) is 10.3 Å². The Morgan fingerprint density at radius 3 is 2.86 bits per heavy atom. The highest BCUT2D eigenvalue weighted by atomic mass is 32.1. The molecule has 21 heavy (non-hydrogen) atoms. The number of aromatic carboxylic acids is 1. The zero-order valence-electron chi connectivity index (χ0n) is 12.0. The van der Waals surface area contributed by atoms with Gasteiger partial charge in [-0.3, -0.25) is 9.59 Å². The molecule has 2 heterocycles. The molecule has 0 spiro atoms. The summed E-state index contributed by atoms with van der Waals surface area (Å²) in [6.45, 7) is 5.08. The number of carbonyl (C=O) groups excluding carboxylic acids is 2. The van der Waals surface area contributed by atoms with E-state index in [0.29, 0.717) is 24.0 Å². The molecule has 1 aliphatic heterocycles. The molecule has 114 valence electrons. The van der Waals surface area contributed by atoms with E-state index >= 15 is 0 Å². The Kier molecular flexibility index (Phi) is 4.62. The van der Waals surface area contributed by atoms with E-state index in [2.05, 4.69) is 5.32 Å². The summed E-state index contributed by atoms with van der Waals surface area (Å²) in [4.78, 5) is 36.7. The molecule has 2 rings (SSSR count). The first-order valence-electron chi connectivity index (χ1n) is 6.78. The van der Waals surface area contributed by atoms with Gasteiger partial charge in [-0.25, -0.2) is 4.79 Å². The molecule has 1 aromatic rings. The maximum atomic E-state index is 12.2. The Balaban J connectivity index is 2.00. The molecule has 1 aliphatic rings. The second-order valence-electron chi connectivity index (χ2n) is 5.55. The number of hydrogen-bond donors (Lipinski definition) is 2. The molecule has 6 nitrogen and oxygen atoms in total. The van der Waals surface area contributed by atoms with Gasteiger partial charge in [0.15, 0.2) is 0 Å². The number of carboxylic acids is 1. The monoisotopic (exact) mass is 310 g/mol. The molecule has 1 atom stereocenters. The fourth-order valence-corrected chi connectivity index (χ4v) is 3.14. The molecule has 2 amide bonds. The van der Waals surface area contributed by atoms with E-state index in [1.807, 2.05) is 13.8 Å². The summed E-state index contributed by atoms with van der Waals surface area (Å²) in [5.74, 6) is -1.45. The molecule has 0 bridgehead atoms. The quantitative estimate of drug-likeness (QED) is 0.869. The third-order valence-electron chi connectivity index (χ3n) is 3.30. The number of anilines is 1. The Hall–Kier alpha value is -1.89. The first kappa shape index (κ1) is 15.5. The number of nitrogens with one attached hydrogen (secondary N) is 1. The van der Waals surface area contributed by atoms with E-state index in [4.69, 9.17) is 5.11 Å². The smallest absolute Gasteiger partial charge is 0.338 e. The first-order chi connectivity index (χ1) is 9.88. The summed E-state index contributed by atoms with van der Waals surface area (Å²) < 4.78 is 0. The van der Waals surface area contributed by atoms with Crippen molar-refractivity contribution >= 4 is 34.1 Å². The number of rotatable bonds is 5. The van der Waals surface area contributed by atoms with Crippen molar-refractivity contribution in [3.63, 3.8) is 0 Å².